The molecule has 4 N–H and O–H groups in total. The molecular formula is C13H16FN3O3. The van der Waals surface area contributed by atoms with Gasteiger partial charge in [-0.25, -0.2) is 4.39 Å². The van der Waals surface area contributed by atoms with E-state index in [-0.39, 0.29) is 23.9 Å². The lowest BCUT2D eigenvalue weighted by Gasteiger charge is -2.22. The van der Waals surface area contributed by atoms with Crippen molar-refractivity contribution in [3.8, 4) is 0 Å². The fraction of sp³-hybridized carbons (Fsp3) is 0.385. The van der Waals surface area contributed by atoms with Gasteiger partial charge in [0.25, 0.3) is 5.91 Å². The van der Waals surface area contributed by atoms with Crippen LogP contribution < -0.4 is 11.5 Å². The van der Waals surface area contributed by atoms with E-state index in [9.17, 15) is 14.0 Å². The zero-order chi connectivity index (χ0) is 14.9. The number of rotatable bonds is 3. The number of benzene rings is 1. The second-order valence-corrected chi connectivity index (χ2v) is 4.71. The zero-order valence-electron chi connectivity index (χ0n) is 11.0. The summed E-state index contributed by atoms with van der Waals surface area (Å²) in [6.45, 7) is 0.264. The molecule has 6 nitrogen and oxygen atoms in total. The largest absolute Gasteiger partial charge is 0.396 e. The first-order chi connectivity index (χ1) is 9.43. The second kappa shape index (κ2) is 5.46. The summed E-state index contributed by atoms with van der Waals surface area (Å²) in [5.41, 5.74) is 10.8. The van der Waals surface area contributed by atoms with Crippen LogP contribution in [0.15, 0.2) is 18.2 Å². The molecule has 108 valence electrons. The van der Waals surface area contributed by atoms with Crippen LogP contribution in [0, 0.1) is 5.82 Å². The summed E-state index contributed by atoms with van der Waals surface area (Å²) in [4.78, 5) is 25.1. The highest BCUT2D eigenvalue weighted by molar-refractivity contribution is 5.98. The van der Waals surface area contributed by atoms with E-state index in [0.29, 0.717) is 6.42 Å². The van der Waals surface area contributed by atoms with Gasteiger partial charge in [-0.15, -0.1) is 0 Å². The first kappa shape index (κ1) is 14.3. The van der Waals surface area contributed by atoms with Crippen LogP contribution in [-0.4, -0.2) is 42.5 Å². The van der Waals surface area contributed by atoms with Crippen molar-refractivity contribution in [2.45, 2.75) is 18.6 Å². The van der Waals surface area contributed by atoms with Gasteiger partial charge in [0, 0.05) is 25.6 Å². The van der Waals surface area contributed by atoms with Gasteiger partial charge >= 0.3 is 0 Å². The van der Waals surface area contributed by atoms with E-state index < -0.39 is 23.7 Å². The Bertz CT molecular complexity index is 550. The fourth-order valence-electron chi connectivity index (χ4n) is 2.30. The van der Waals surface area contributed by atoms with E-state index in [1.807, 2.05) is 0 Å². The molecule has 0 saturated carbocycles. The molecule has 2 atom stereocenters. The first-order valence-electron chi connectivity index (χ1n) is 6.12. The Morgan fingerprint density at radius 1 is 1.45 bits per heavy atom. The molecule has 1 fully saturated rings. The van der Waals surface area contributed by atoms with Crippen molar-refractivity contribution in [3.05, 3.63) is 29.6 Å². The summed E-state index contributed by atoms with van der Waals surface area (Å²) < 4.78 is 18.3. The van der Waals surface area contributed by atoms with Crippen LogP contribution in [0.1, 0.15) is 16.8 Å². The van der Waals surface area contributed by atoms with Crippen LogP contribution in [-0.2, 0) is 9.53 Å². The van der Waals surface area contributed by atoms with Gasteiger partial charge in [-0.1, -0.05) is 0 Å². The third-order valence-electron chi connectivity index (χ3n) is 3.43. The van der Waals surface area contributed by atoms with E-state index in [4.69, 9.17) is 16.2 Å². The molecule has 1 aromatic rings. The molecule has 1 aliphatic rings. The Hall–Kier alpha value is -2.15. The number of nitrogens with two attached hydrogens (primary N) is 2. The quantitative estimate of drug-likeness (QED) is 0.769. The van der Waals surface area contributed by atoms with Crippen LogP contribution in [0.3, 0.4) is 0 Å². The predicted octanol–water partition coefficient (Wildman–Crippen LogP) is 0.123. The third-order valence-corrected chi connectivity index (χ3v) is 3.43. The van der Waals surface area contributed by atoms with Gasteiger partial charge < -0.3 is 21.1 Å². The minimum absolute atomic E-state index is 0.117. The van der Waals surface area contributed by atoms with Crippen LogP contribution >= 0.6 is 0 Å². The lowest BCUT2D eigenvalue weighted by atomic mass is 10.1. The Kier molecular flexibility index (Phi) is 3.89. The molecule has 7 heteroatoms. The van der Waals surface area contributed by atoms with Gasteiger partial charge in [0.1, 0.15) is 11.9 Å². The maximum Gasteiger partial charge on any atom is 0.254 e. The lowest BCUT2D eigenvalue weighted by Crippen LogP contribution is -2.43. The molecule has 2 amide bonds. The molecular weight excluding hydrogens is 265 g/mol. The Morgan fingerprint density at radius 2 is 2.15 bits per heavy atom. The number of hydrogen-bond acceptors (Lipinski definition) is 4. The van der Waals surface area contributed by atoms with Gasteiger partial charge in [0.2, 0.25) is 5.91 Å². The molecule has 1 aromatic carbocycles. The van der Waals surface area contributed by atoms with Crippen molar-refractivity contribution in [2.75, 3.05) is 19.4 Å². The highest BCUT2D eigenvalue weighted by atomic mass is 19.1. The molecule has 1 saturated heterocycles. The van der Waals surface area contributed by atoms with Crippen molar-refractivity contribution >= 4 is 17.5 Å². The van der Waals surface area contributed by atoms with Crippen molar-refractivity contribution in [3.63, 3.8) is 0 Å². The SMILES string of the molecule is COC1CC(C(N)=O)N(C(=O)c2ccc(F)c(N)c2)C1. The number of methoxy groups -OCH3 is 1. The normalized spacial score (nSPS) is 22.0. The average molecular weight is 281 g/mol. The molecule has 1 heterocycles. The number of amides is 2. The van der Waals surface area contributed by atoms with Crippen LogP contribution in [0.5, 0.6) is 0 Å². The molecule has 2 rings (SSSR count). The Labute approximate surface area is 115 Å². The maximum atomic E-state index is 13.1. The lowest BCUT2D eigenvalue weighted by molar-refractivity contribution is -0.121. The summed E-state index contributed by atoms with van der Waals surface area (Å²) in [7, 11) is 1.51. The van der Waals surface area contributed by atoms with Gasteiger partial charge in [-0.2, -0.15) is 0 Å². The number of hydrogen-bond donors (Lipinski definition) is 2. The molecule has 0 radical (unpaired) electrons. The minimum atomic E-state index is -0.723. The molecule has 0 aliphatic carbocycles. The summed E-state index contributed by atoms with van der Waals surface area (Å²) in [5.74, 6) is -1.60. The molecule has 2 unspecified atom stereocenters. The number of nitrogens with zero attached hydrogens (tertiary/aromatic N) is 1. The minimum Gasteiger partial charge on any atom is -0.396 e. The molecule has 0 bridgehead atoms. The van der Waals surface area contributed by atoms with Crippen molar-refractivity contribution < 1.29 is 18.7 Å². The zero-order valence-corrected chi connectivity index (χ0v) is 11.0. The maximum absolute atomic E-state index is 13.1. The first-order valence-corrected chi connectivity index (χ1v) is 6.12. The number of halogens is 1. The molecule has 1 aliphatic heterocycles. The number of primary amides is 1. The predicted molar refractivity (Wildman–Crippen MR) is 70.2 cm³/mol. The average Bonchev–Trinajstić information content (AvgIpc) is 2.85. The van der Waals surface area contributed by atoms with Crippen molar-refractivity contribution in [1.29, 1.82) is 0 Å². The number of nitrogen functional groups attached to an aromatic ring is 1. The highest BCUT2D eigenvalue weighted by Gasteiger charge is 2.39. The fourth-order valence-corrected chi connectivity index (χ4v) is 2.30. The van der Waals surface area contributed by atoms with Crippen molar-refractivity contribution in [2.24, 2.45) is 5.73 Å². The van der Waals surface area contributed by atoms with Crippen LogP contribution in [0.4, 0.5) is 10.1 Å². The van der Waals surface area contributed by atoms with E-state index >= 15 is 0 Å². The Balaban J connectivity index is 2.26. The highest BCUT2D eigenvalue weighted by Crippen LogP contribution is 2.23. The number of carbonyl (C=O) groups excluding carboxylic acids is 2. The van der Waals surface area contributed by atoms with E-state index in [0.717, 1.165) is 6.07 Å². The molecule has 20 heavy (non-hydrogen) atoms. The van der Waals surface area contributed by atoms with E-state index in [1.165, 1.54) is 24.1 Å². The number of carbonyl (C=O) groups is 2. The van der Waals surface area contributed by atoms with Gasteiger partial charge in [0.05, 0.1) is 11.8 Å². The van der Waals surface area contributed by atoms with Crippen LogP contribution in [0.25, 0.3) is 0 Å². The van der Waals surface area contributed by atoms with Crippen LogP contribution in [0.2, 0.25) is 0 Å². The van der Waals surface area contributed by atoms with Gasteiger partial charge in [-0.05, 0) is 18.2 Å². The van der Waals surface area contributed by atoms with E-state index in [2.05, 4.69) is 0 Å². The third kappa shape index (κ3) is 2.57. The second-order valence-electron chi connectivity index (χ2n) is 4.71. The summed E-state index contributed by atoms with van der Waals surface area (Å²) >= 11 is 0. The number of anilines is 1. The van der Waals surface area contributed by atoms with Gasteiger partial charge in [0.15, 0.2) is 0 Å². The standard InChI is InChI=1S/C13H16FN3O3/c1-20-8-5-11(12(16)18)17(6-8)13(19)7-2-3-9(14)10(15)4-7/h2-4,8,11H,5-6,15H2,1H3,(H2,16,18). The Morgan fingerprint density at radius 3 is 2.70 bits per heavy atom. The summed E-state index contributed by atoms with van der Waals surface area (Å²) in [5, 5.41) is 0. The summed E-state index contributed by atoms with van der Waals surface area (Å²) in [6.07, 6.45) is 0.114. The smallest absolute Gasteiger partial charge is 0.254 e. The van der Waals surface area contributed by atoms with Gasteiger partial charge in [-0.3, -0.25) is 9.59 Å². The van der Waals surface area contributed by atoms with E-state index in [1.54, 1.807) is 0 Å². The summed E-state index contributed by atoms with van der Waals surface area (Å²) in [6, 6.07) is 2.96. The topological polar surface area (TPSA) is 98.6 Å². The number of ether oxygens (including phenoxy) is 1. The number of likely N-dealkylation sites (tertiary alicyclic amines) is 1. The molecule has 0 spiro atoms. The monoisotopic (exact) mass is 281 g/mol. The van der Waals surface area contributed by atoms with Crippen molar-refractivity contribution in [1.82, 2.24) is 4.90 Å². The molecule has 0 aromatic heterocycles.